The lowest BCUT2D eigenvalue weighted by Crippen LogP contribution is -2.57. The third kappa shape index (κ3) is 16.1. The van der Waals surface area contributed by atoms with Crippen LogP contribution in [-0.4, -0.2) is 129 Å². The third-order valence-corrected chi connectivity index (χ3v) is 13.7. The second-order valence-corrected chi connectivity index (χ2v) is 21.5. The lowest BCUT2D eigenvalue weighted by molar-refractivity contribution is -0.158. The van der Waals surface area contributed by atoms with E-state index in [0.29, 0.717) is 33.7 Å². The van der Waals surface area contributed by atoms with Crippen molar-refractivity contribution >= 4 is 58.7 Å². The number of nitrogens with one attached hydrogen (secondary N) is 2. The molecule has 1 fully saturated rings. The standard InChI is InChI=1S/C57H70Cl2N8O8/c1-36-32-61-51(68)30-45(27-39-16-21-43(58)22-17-39)65(9)56(73)47(31-53(70)75-57(3,4)5)62-54(71)37(2)67(52(69)28-42(55(72)64(36)8)26-38-14-12-11-13-15-38)34-41-18-23-44(59)29-49(41)74-46-24-19-40(20-25-46)48-33-60-50(66(48)10)35-63(6)7/h11-25,29,33,36-37,42,45,47H,26-28,30-32,34-35H2,1-10H3,(H,61,68)(H,62,71)/t36-,37-,42?,45?,47-/m0/s1. The Labute approximate surface area is 450 Å². The fourth-order valence-corrected chi connectivity index (χ4v) is 9.14. The molecule has 400 valence electrons. The molecule has 0 saturated carbocycles. The van der Waals surface area contributed by atoms with Crippen molar-refractivity contribution in [2.75, 3.05) is 34.7 Å². The maximum absolute atomic E-state index is 15.2. The molecular weight excluding hydrogens is 996 g/mol. The fourth-order valence-electron chi connectivity index (χ4n) is 8.86. The number of aromatic nitrogens is 2. The number of carbonyl (C=O) groups is 6. The lowest BCUT2D eigenvalue weighted by atomic mass is 9.93. The van der Waals surface area contributed by atoms with Crippen LogP contribution in [0, 0.1) is 5.92 Å². The molecule has 0 radical (unpaired) electrons. The zero-order valence-corrected chi connectivity index (χ0v) is 46.1. The van der Waals surface area contributed by atoms with Crippen molar-refractivity contribution < 1.29 is 38.2 Å². The number of carbonyl (C=O) groups excluding carboxylic acids is 6. The number of imidazole rings is 1. The highest BCUT2D eigenvalue weighted by Gasteiger charge is 2.38. The van der Waals surface area contributed by atoms with Gasteiger partial charge in [0.15, 0.2) is 0 Å². The molecule has 1 aliphatic heterocycles. The van der Waals surface area contributed by atoms with E-state index in [-0.39, 0.29) is 44.7 Å². The first kappa shape index (κ1) is 57.5. The zero-order valence-electron chi connectivity index (χ0n) is 44.6. The van der Waals surface area contributed by atoms with E-state index >= 15 is 4.79 Å². The van der Waals surface area contributed by atoms with Gasteiger partial charge in [-0.1, -0.05) is 71.7 Å². The second kappa shape index (κ2) is 25.7. The maximum atomic E-state index is 15.2. The molecule has 5 atom stereocenters. The summed E-state index contributed by atoms with van der Waals surface area (Å²) in [5.74, 6) is -2.68. The van der Waals surface area contributed by atoms with E-state index in [9.17, 15) is 24.0 Å². The van der Waals surface area contributed by atoms with E-state index in [1.54, 1.807) is 77.2 Å². The van der Waals surface area contributed by atoms with Crippen LogP contribution in [0.15, 0.2) is 103 Å². The Morgan fingerprint density at radius 2 is 1.45 bits per heavy atom. The van der Waals surface area contributed by atoms with Crippen LogP contribution in [-0.2, 0) is 66.5 Å². The third-order valence-electron chi connectivity index (χ3n) is 13.3. The van der Waals surface area contributed by atoms with Gasteiger partial charge >= 0.3 is 5.97 Å². The van der Waals surface area contributed by atoms with Gasteiger partial charge < -0.3 is 44.3 Å². The maximum Gasteiger partial charge on any atom is 0.308 e. The quantitative estimate of drug-likeness (QED) is 0.110. The number of benzene rings is 4. The minimum absolute atomic E-state index is 0.0714. The van der Waals surface area contributed by atoms with Crippen LogP contribution in [0.3, 0.4) is 0 Å². The van der Waals surface area contributed by atoms with E-state index in [1.807, 2.05) is 91.4 Å². The van der Waals surface area contributed by atoms with Gasteiger partial charge in [-0.2, -0.15) is 0 Å². The van der Waals surface area contributed by atoms with Gasteiger partial charge in [0.2, 0.25) is 29.5 Å². The van der Waals surface area contributed by atoms with E-state index in [2.05, 4.69) is 15.6 Å². The Morgan fingerprint density at radius 1 is 0.800 bits per heavy atom. The van der Waals surface area contributed by atoms with E-state index in [4.69, 9.17) is 32.7 Å². The molecule has 2 heterocycles. The summed E-state index contributed by atoms with van der Waals surface area (Å²) < 4.78 is 14.2. The molecule has 1 aromatic heterocycles. The van der Waals surface area contributed by atoms with Crippen LogP contribution in [0.1, 0.15) is 76.4 Å². The number of amides is 5. The van der Waals surface area contributed by atoms with Gasteiger partial charge in [0.25, 0.3) is 0 Å². The summed E-state index contributed by atoms with van der Waals surface area (Å²) in [6.07, 6.45) is 1.19. The van der Waals surface area contributed by atoms with Gasteiger partial charge in [0, 0.05) is 73.8 Å². The first-order chi connectivity index (χ1) is 35.5. The predicted octanol–water partition coefficient (Wildman–Crippen LogP) is 7.87. The summed E-state index contributed by atoms with van der Waals surface area (Å²) in [7, 11) is 9.09. The molecule has 1 aliphatic rings. The van der Waals surface area contributed by atoms with Crippen molar-refractivity contribution in [2.45, 2.75) is 110 Å². The van der Waals surface area contributed by atoms with Crippen LogP contribution in [0.25, 0.3) is 11.3 Å². The Balaban J connectivity index is 1.40. The normalized spacial score (nSPS) is 19.9. The number of hydrogen-bond acceptors (Lipinski definition) is 10. The number of nitrogens with zero attached hydrogens (tertiary/aromatic N) is 6. The summed E-state index contributed by atoms with van der Waals surface area (Å²) in [6, 6.07) is 24.7. The molecule has 18 heteroatoms. The van der Waals surface area contributed by atoms with Crippen molar-refractivity contribution in [1.29, 1.82) is 0 Å². The first-order valence-electron chi connectivity index (χ1n) is 25.1. The van der Waals surface area contributed by atoms with Crippen molar-refractivity contribution in [1.82, 2.24) is 39.8 Å². The highest BCUT2D eigenvalue weighted by molar-refractivity contribution is 6.31. The highest BCUT2D eigenvalue weighted by Crippen LogP contribution is 2.33. The Hall–Kier alpha value is -6.75. The van der Waals surface area contributed by atoms with Gasteiger partial charge in [-0.05, 0) is 121 Å². The molecule has 2 unspecified atom stereocenters. The predicted molar refractivity (Wildman–Crippen MR) is 290 cm³/mol. The molecule has 2 N–H and O–H groups in total. The minimum atomic E-state index is -1.49. The number of rotatable bonds is 13. The van der Waals surface area contributed by atoms with Gasteiger partial charge in [-0.25, -0.2) is 4.98 Å². The smallest absolute Gasteiger partial charge is 0.308 e. The lowest BCUT2D eigenvalue weighted by Gasteiger charge is -2.35. The summed E-state index contributed by atoms with van der Waals surface area (Å²) in [6.45, 7) is 8.95. The monoisotopic (exact) mass is 1060 g/mol. The molecule has 0 bridgehead atoms. The summed E-state index contributed by atoms with van der Waals surface area (Å²) in [5.41, 5.74) is 2.98. The first-order valence-corrected chi connectivity index (χ1v) is 25.8. The molecule has 16 nitrogen and oxygen atoms in total. The van der Waals surface area contributed by atoms with E-state index in [1.165, 1.54) is 28.7 Å². The van der Waals surface area contributed by atoms with Crippen molar-refractivity contribution in [2.24, 2.45) is 13.0 Å². The molecular formula is C57H70Cl2N8O8. The van der Waals surface area contributed by atoms with Crippen LogP contribution >= 0.6 is 23.2 Å². The second-order valence-electron chi connectivity index (χ2n) is 20.6. The number of likely N-dealkylation sites (N-methyl/N-ethyl adjacent to an activating group) is 2. The average molecular weight is 1070 g/mol. The average Bonchev–Trinajstić information content (AvgIpc) is 3.71. The SMILES string of the molecule is C[C@H]1CNC(=O)CC(Cc2ccc(Cl)cc2)N(C)C(=O)[C@H](CC(=O)OC(C)(C)C)NC(=O)[C@H](C)N(Cc2ccc(Cl)cc2Oc2ccc(-c3cnc(CN(C)C)n3C)cc2)C(=O)CC(Cc2ccccc2)C(=O)N1C. The van der Waals surface area contributed by atoms with Gasteiger partial charge in [-0.3, -0.25) is 28.8 Å². The zero-order chi connectivity index (χ0) is 54.7. The van der Waals surface area contributed by atoms with Crippen molar-refractivity contribution in [3.05, 3.63) is 136 Å². The Morgan fingerprint density at radius 3 is 2.11 bits per heavy atom. The Kier molecular flexibility index (Phi) is 19.7. The van der Waals surface area contributed by atoms with E-state index in [0.717, 1.165) is 28.2 Å². The van der Waals surface area contributed by atoms with Crippen molar-refractivity contribution in [3.8, 4) is 22.8 Å². The van der Waals surface area contributed by atoms with E-state index < -0.39 is 71.7 Å². The molecule has 4 aromatic carbocycles. The summed E-state index contributed by atoms with van der Waals surface area (Å²) >= 11 is 12.8. The van der Waals surface area contributed by atoms with Gasteiger partial charge in [-0.15, -0.1) is 0 Å². The number of esters is 1. The molecule has 75 heavy (non-hydrogen) atoms. The van der Waals surface area contributed by atoms with Crippen LogP contribution in [0.4, 0.5) is 0 Å². The number of hydrogen-bond donors (Lipinski definition) is 2. The largest absolute Gasteiger partial charge is 0.460 e. The fraction of sp³-hybridized carbons (Fsp3) is 0.421. The molecule has 1 saturated heterocycles. The van der Waals surface area contributed by atoms with Crippen LogP contribution in [0.5, 0.6) is 11.5 Å². The van der Waals surface area contributed by atoms with Crippen LogP contribution < -0.4 is 15.4 Å². The number of ether oxygens (including phenoxy) is 2. The molecule has 5 aromatic rings. The molecule has 0 spiro atoms. The van der Waals surface area contributed by atoms with Gasteiger partial charge in [0.05, 0.1) is 37.3 Å². The molecule has 6 rings (SSSR count). The highest BCUT2D eigenvalue weighted by atomic mass is 35.5. The Bertz CT molecular complexity index is 2800. The van der Waals surface area contributed by atoms with Crippen LogP contribution in [0.2, 0.25) is 10.0 Å². The minimum Gasteiger partial charge on any atom is -0.460 e. The molecule has 5 amide bonds. The molecule has 0 aliphatic carbocycles. The van der Waals surface area contributed by atoms with Crippen molar-refractivity contribution in [3.63, 3.8) is 0 Å². The summed E-state index contributed by atoms with van der Waals surface area (Å²) in [4.78, 5) is 97.9. The van der Waals surface area contributed by atoms with Gasteiger partial charge in [0.1, 0.15) is 35.0 Å². The summed E-state index contributed by atoms with van der Waals surface area (Å²) in [5, 5.41) is 6.61. The topological polar surface area (TPSA) is 176 Å². The number of halogens is 2.